The molecule has 2 N–H and O–H groups in total. The maximum atomic E-state index is 12.8. The number of aryl methyl sites for hydroxylation is 1. The summed E-state index contributed by atoms with van der Waals surface area (Å²) in [4.78, 5) is 27.4. The molecule has 1 saturated heterocycles. The molecule has 2 aliphatic rings. The molecule has 0 radical (unpaired) electrons. The molecule has 5 heteroatoms. The Bertz CT molecular complexity index is 1190. The fourth-order valence-electron chi connectivity index (χ4n) is 4.67. The van der Waals surface area contributed by atoms with Gasteiger partial charge in [-0.25, -0.2) is 0 Å². The Balaban J connectivity index is 1.21. The number of amides is 2. The van der Waals surface area contributed by atoms with E-state index in [-0.39, 0.29) is 17.7 Å². The summed E-state index contributed by atoms with van der Waals surface area (Å²) >= 11 is 0. The van der Waals surface area contributed by atoms with E-state index < -0.39 is 0 Å². The number of benzene rings is 3. The highest BCUT2D eigenvalue weighted by Gasteiger charge is 2.29. The van der Waals surface area contributed by atoms with Gasteiger partial charge in [0.25, 0.3) is 5.91 Å². The fourth-order valence-corrected chi connectivity index (χ4v) is 4.67. The van der Waals surface area contributed by atoms with E-state index in [0.717, 1.165) is 47.5 Å². The van der Waals surface area contributed by atoms with Crippen LogP contribution in [-0.4, -0.2) is 29.8 Å². The van der Waals surface area contributed by atoms with Gasteiger partial charge in [0.05, 0.1) is 0 Å². The van der Waals surface area contributed by atoms with Crippen LogP contribution in [0.5, 0.6) is 0 Å². The van der Waals surface area contributed by atoms with Crippen LogP contribution in [0.25, 0.3) is 11.1 Å². The molecule has 3 aromatic carbocycles. The average molecular weight is 468 g/mol. The van der Waals surface area contributed by atoms with Crippen molar-refractivity contribution in [1.29, 1.82) is 0 Å². The van der Waals surface area contributed by atoms with Crippen molar-refractivity contribution in [2.75, 3.05) is 23.7 Å². The number of likely N-dealkylation sites (tertiary alicyclic amines) is 1. The molecule has 0 atom stereocenters. The Hall–Kier alpha value is -3.44. The van der Waals surface area contributed by atoms with Crippen LogP contribution in [-0.2, 0) is 11.3 Å². The number of hydrogen-bond acceptors (Lipinski definition) is 3. The Morgan fingerprint density at radius 2 is 1.51 bits per heavy atom. The summed E-state index contributed by atoms with van der Waals surface area (Å²) in [5.74, 6) is 0.150. The molecule has 0 bridgehead atoms. The van der Waals surface area contributed by atoms with Gasteiger partial charge in [-0.1, -0.05) is 36.8 Å². The van der Waals surface area contributed by atoms with Crippen LogP contribution in [0, 0.1) is 12.8 Å². The quantitative estimate of drug-likeness (QED) is 0.432. The first kappa shape index (κ1) is 23.3. The lowest BCUT2D eigenvalue weighted by Crippen LogP contribution is -2.29. The van der Waals surface area contributed by atoms with Gasteiger partial charge in [0.2, 0.25) is 5.91 Å². The van der Waals surface area contributed by atoms with Crippen LogP contribution in [0.2, 0.25) is 0 Å². The number of anilines is 2. The lowest BCUT2D eigenvalue weighted by Gasteiger charge is -2.26. The van der Waals surface area contributed by atoms with Crippen LogP contribution in [0.3, 0.4) is 0 Å². The summed E-state index contributed by atoms with van der Waals surface area (Å²) in [7, 11) is 0. The van der Waals surface area contributed by atoms with Crippen molar-refractivity contribution in [3.05, 3.63) is 83.4 Å². The van der Waals surface area contributed by atoms with Crippen molar-refractivity contribution >= 4 is 23.2 Å². The van der Waals surface area contributed by atoms with Crippen molar-refractivity contribution < 1.29 is 9.59 Å². The highest BCUT2D eigenvalue weighted by Crippen LogP contribution is 2.32. The molecule has 1 aliphatic heterocycles. The molecule has 0 aromatic heterocycles. The molecule has 1 saturated carbocycles. The summed E-state index contributed by atoms with van der Waals surface area (Å²) in [6.45, 7) is 5.37. The number of nitrogens with zero attached hydrogens (tertiary/aromatic N) is 1. The van der Waals surface area contributed by atoms with Crippen LogP contribution >= 0.6 is 0 Å². The Morgan fingerprint density at radius 1 is 0.829 bits per heavy atom. The van der Waals surface area contributed by atoms with Gasteiger partial charge in [-0.15, -0.1) is 0 Å². The zero-order valence-electron chi connectivity index (χ0n) is 20.3. The molecule has 1 aliphatic carbocycles. The molecular weight excluding hydrogens is 434 g/mol. The minimum Gasteiger partial charge on any atom is -0.326 e. The van der Waals surface area contributed by atoms with Gasteiger partial charge < -0.3 is 10.6 Å². The summed E-state index contributed by atoms with van der Waals surface area (Å²) < 4.78 is 0. The third kappa shape index (κ3) is 5.98. The molecule has 0 unspecified atom stereocenters. The smallest absolute Gasteiger partial charge is 0.255 e. The van der Waals surface area contributed by atoms with Crippen LogP contribution in [0.15, 0.2) is 66.7 Å². The first-order valence-electron chi connectivity index (χ1n) is 12.7. The molecule has 5 nitrogen and oxygen atoms in total. The topological polar surface area (TPSA) is 61.4 Å². The summed E-state index contributed by atoms with van der Waals surface area (Å²) in [6, 6.07) is 21.8. The van der Waals surface area contributed by atoms with E-state index in [1.807, 2.05) is 54.6 Å². The van der Waals surface area contributed by atoms with Crippen molar-refractivity contribution in [1.82, 2.24) is 4.90 Å². The molecular formula is C30H33N3O2. The largest absolute Gasteiger partial charge is 0.326 e. The van der Waals surface area contributed by atoms with Gasteiger partial charge in [0, 0.05) is 29.4 Å². The number of carbonyl (C=O) groups is 2. The second-order valence-corrected chi connectivity index (χ2v) is 9.86. The first-order chi connectivity index (χ1) is 17.0. The van der Waals surface area contributed by atoms with Gasteiger partial charge in [0.15, 0.2) is 0 Å². The van der Waals surface area contributed by atoms with Crippen LogP contribution in [0.4, 0.5) is 11.4 Å². The minimum absolute atomic E-state index is 0.103. The summed E-state index contributed by atoms with van der Waals surface area (Å²) in [6.07, 6.45) is 5.88. The lowest BCUT2D eigenvalue weighted by molar-refractivity contribution is -0.117. The van der Waals surface area contributed by atoms with Crippen LogP contribution in [0.1, 0.15) is 53.6 Å². The molecule has 35 heavy (non-hydrogen) atoms. The second-order valence-electron chi connectivity index (χ2n) is 9.86. The van der Waals surface area contributed by atoms with Crippen molar-refractivity contribution in [2.45, 2.75) is 45.6 Å². The third-order valence-corrected chi connectivity index (χ3v) is 6.98. The number of piperidine rings is 1. The summed E-state index contributed by atoms with van der Waals surface area (Å²) in [5, 5.41) is 6.03. The number of hydrogen-bond donors (Lipinski definition) is 2. The van der Waals surface area contributed by atoms with E-state index in [1.54, 1.807) is 0 Å². The highest BCUT2D eigenvalue weighted by molar-refractivity contribution is 6.04. The predicted octanol–water partition coefficient (Wildman–Crippen LogP) is 6.25. The molecule has 1 heterocycles. The van der Waals surface area contributed by atoms with E-state index >= 15 is 0 Å². The van der Waals surface area contributed by atoms with E-state index in [2.05, 4.69) is 34.6 Å². The monoisotopic (exact) mass is 467 g/mol. The van der Waals surface area contributed by atoms with Gasteiger partial charge in [0.1, 0.15) is 0 Å². The molecule has 0 spiro atoms. The lowest BCUT2D eigenvalue weighted by atomic mass is 9.98. The number of carbonyl (C=O) groups excluding carboxylic acids is 2. The van der Waals surface area contributed by atoms with E-state index in [1.165, 1.54) is 37.9 Å². The standard InChI is InChI=1S/C30H33N3O2/c1-21-5-14-27(32-30(35)25-12-13-25)19-28(21)23-8-10-24(11-9-23)29(34)31-26-15-6-22(7-16-26)20-33-17-3-2-4-18-33/h5-11,14-16,19,25H,2-4,12-13,17-18,20H2,1H3,(H,31,34)(H,32,35). The van der Waals surface area contributed by atoms with E-state index in [9.17, 15) is 9.59 Å². The van der Waals surface area contributed by atoms with Gasteiger partial charge in [-0.05, 0) is 104 Å². The zero-order chi connectivity index (χ0) is 24.2. The Kier molecular flexibility index (Phi) is 6.96. The normalized spacial score (nSPS) is 16.0. The molecule has 2 fully saturated rings. The van der Waals surface area contributed by atoms with Gasteiger partial charge in [-0.3, -0.25) is 14.5 Å². The maximum absolute atomic E-state index is 12.8. The number of nitrogens with one attached hydrogen (secondary N) is 2. The van der Waals surface area contributed by atoms with E-state index in [4.69, 9.17) is 0 Å². The van der Waals surface area contributed by atoms with Crippen molar-refractivity contribution in [3.8, 4) is 11.1 Å². The number of rotatable bonds is 7. The highest BCUT2D eigenvalue weighted by atomic mass is 16.2. The SMILES string of the molecule is Cc1ccc(NC(=O)C2CC2)cc1-c1ccc(C(=O)Nc2ccc(CN3CCCCC3)cc2)cc1. The van der Waals surface area contributed by atoms with Gasteiger partial charge in [-0.2, -0.15) is 0 Å². The third-order valence-electron chi connectivity index (χ3n) is 6.98. The zero-order valence-corrected chi connectivity index (χ0v) is 20.3. The molecule has 3 aromatic rings. The second kappa shape index (κ2) is 10.4. The first-order valence-corrected chi connectivity index (χ1v) is 12.7. The van der Waals surface area contributed by atoms with Crippen molar-refractivity contribution in [2.24, 2.45) is 5.92 Å². The van der Waals surface area contributed by atoms with Crippen molar-refractivity contribution in [3.63, 3.8) is 0 Å². The fraction of sp³-hybridized carbons (Fsp3) is 0.333. The molecule has 2 amide bonds. The molecule has 5 rings (SSSR count). The summed E-state index contributed by atoms with van der Waals surface area (Å²) in [5.41, 5.74) is 6.70. The maximum Gasteiger partial charge on any atom is 0.255 e. The predicted molar refractivity (Wildman–Crippen MR) is 141 cm³/mol. The minimum atomic E-state index is -0.123. The van der Waals surface area contributed by atoms with Gasteiger partial charge >= 0.3 is 0 Å². The Labute approximate surface area is 207 Å². The molecule has 180 valence electrons. The van der Waals surface area contributed by atoms with Crippen LogP contribution < -0.4 is 10.6 Å². The Morgan fingerprint density at radius 3 is 2.20 bits per heavy atom. The average Bonchev–Trinajstić information content (AvgIpc) is 3.73. The van der Waals surface area contributed by atoms with E-state index in [0.29, 0.717) is 5.56 Å².